The number of amidine groups is 1. The molecule has 0 aliphatic carbocycles. The number of para-hydroxylation sites is 1. The first-order valence-electron chi connectivity index (χ1n) is 14.0. The molecule has 4 N–H and O–H groups in total. The van der Waals surface area contributed by atoms with Gasteiger partial charge in [-0.1, -0.05) is 36.1 Å². The minimum atomic E-state index is -0.895. The van der Waals surface area contributed by atoms with Crippen molar-refractivity contribution in [3.63, 3.8) is 0 Å². The molecule has 0 radical (unpaired) electrons. The summed E-state index contributed by atoms with van der Waals surface area (Å²) < 4.78 is 6.89. The van der Waals surface area contributed by atoms with E-state index in [0.29, 0.717) is 41.0 Å². The van der Waals surface area contributed by atoms with Crippen molar-refractivity contribution in [2.75, 3.05) is 13.2 Å². The van der Waals surface area contributed by atoms with Crippen LogP contribution in [0.25, 0.3) is 16.6 Å². The van der Waals surface area contributed by atoms with E-state index in [-0.39, 0.29) is 23.8 Å². The number of nitrogens with zero attached hydrogens (tertiary/aromatic N) is 5. The maximum atomic E-state index is 14.2. The van der Waals surface area contributed by atoms with E-state index >= 15 is 0 Å². The average molecular weight is 579 g/mol. The number of rotatable bonds is 6. The first kappa shape index (κ1) is 27.9. The number of nitrogens with two attached hydrogens (primary N) is 1. The molecule has 4 atom stereocenters. The van der Waals surface area contributed by atoms with Crippen molar-refractivity contribution in [1.29, 1.82) is 0 Å². The molecule has 1 fully saturated rings. The Morgan fingerprint density at radius 3 is 2.79 bits per heavy atom. The van der Waals surface area contributed by atoms with Crippen LogP contribution in [0.5, 0.6) is 0 Å². The Morgan fingerprint density at radius 2 is 2.00 bits per heavy atom. The number of carbonyl (C=O) groups excluding carboxylic acids is 2. The average Bonchev–Trinajstić information content (AvgIpc) is 3.67. The van der Waals surface area contributed by atoms with Crippen molar-refractivity contribution in [3.8, 4) is 17.5 Å². The Labute approximate surface area is 247 Å². The van der Waals surface area contributed by atoms with Crippen LogP contribution < -0.4 is 21.9 Å². The molecule has 4 unspecified atom stereocenters. The summed E-state index contributed by atoms with van der Waals surface area (Å²) >= 11 is 0. The van der Waals surface area contributed by atoms with Gasteiger partial charge in [-0.15, -0.1) is 0 Å². The van der Waals surface area contributed by atoms with Crippen LogP contribution in [0.4, 0.5) is 0 Å². The van der Waals surface area contributed by atoms with Crippen molar-refractivity contribution in [2.24, 2.45) is 15.8 Å². The van der Waals surface area contributed by atoms with Gasteiger partial charge in [0.2, 0.25) is 5.91 Å². The molecule has 12 heteroatoms. The molecule has 2 amide bonds. The van der Waals surface area contributed by atoms with Crippen LogP contribution in [-0.4, -0.2) is 69.9 Å². The molecule has 3 aliphatic rings. The maximum absolute atomic E-state index is 14.2. The molecular formula is C31H30N8O4. The second kappa shape index (κ2) is 11.9. The van der Waals surface area contributed by atoms with Crippen LogP contribution in [0.2, 0.25) is 0 Å². The van der Waals surface area contributed by atoms with Gasteiger partial charge in [-0.2, -0.15) is 5.10 Å². The minimum Gasteiger partial charge on any atom is -0.385 e. The number of nitrogens with one attached hydrogen (secondary N) is 2. The first-order chi connectivity index (χ1) is 20.9. The number of carbonyl (C=O) groups is 2. The number of hydrogen-bond donors (Lipinski definition) is 3. The van der Waals surface area contributed by atoms with Gasteiger partial charge in [-0.25, -0.2) is 15.0 Å². The van der Waals surface area contributed by atoms with Crippen LogP contribution in [-0.2, 0) is 14.3 Å². The number of hydrogen-bond acceptors (Lipinski definition) is 9. The molecule has 0 spiro atoms. The highest BCUT2D eigenvalue weighted by Crippen LogP contribution is 2.23. The van der Waals surface area contributed by atoms with Gasteiger partial charge in [-0.05, 0) is 56.2 Å². The third-order valence-electron chi connectivity index (χ3n) is 7.39. The number of aromatic nitrogens is 2. The van der Waals surface area contributed by atoms with Crippen LogP contribution in [0.3, 0.4) is 0 Å². The van der Waals surface area contributed by atoms with Gasteiger partial charge < -0.3 is 21.1 Å². The standard InChI is InChI=1S/C31H30N8O4/c1-19(35-30(41)26-27(32)37-24-15-7-17-34-39(24)26)28-36-22-13-5-9-20(10-6-16-33-29(40)23-14-8-18-43-23)25(22)31(42)38(28)21-11-3-2-4-12-21/h2-5,7,9,11-13,15,17,19,23-24,26H,8,14,16,18H2,1H3,(H2,32,37)(H,33,40)(H,35,41). The third-order valence-corrected chi connectivity index (χ3v) is 7.39. The second-order valence-electron chi connectivity index (χ2n) is 10.3. The Hall–Kier alpha value is -5.28. The SMILES string of the molecule is CC(NC(=O)C1C(N)=NC2C=CC=NN21)c1nc2cccc(C#CCNC(=O)C3CCCO3)c2c(=O)n1-c1ccccc1. The van der Waals surface area contributed by atoms with Gasteiger partial charge in [0, 0.05) is 18.4 Å². The largest absolute Gasteiger partial charge is 0.385 e. The maximum Gasteiger partial charge on any atom is 0.267 e. The molecule has 218 valence electrons. The van der Waals surface area contributed by atoms with Crippen molar-refractivity contribution in [2.45, 2.75) is 44.1 Å². The molecule has 12 nitrogen and oxygen atoms in total. The predicted octanol–water partition coefficient (Wildman–Crippen LogP) is 1.13. The van der Waals surface area contributed by atoms with Gasteiger partial charge in [-0.3, -0.25) is 19.0 Å². The minimum absolute atomic E-state index is 0.113. The lowest BCUT2D eigenvalue weighted by molar-refractivity contribution is -0.129. The van der Waals surface area contributed by atoms with Gasteiger partial charge >= 0.3 is 0 Å². The Balaban J connectivity index is 1.32. The molecule has 3 aliphatic heterocycles. The predicted molar refractivity (Wildman–Crippen MR) is 161 cm³/mol. The number of aliphatic imine (C=N–C) groups is 1. The zero-order valence-electron chi connectivity index (χ0n) is 23.4. The number of ether oxygens (including phenoxy) is 1. The highest BCUT2D eigenvalue weighted by Gasteiger charge is 2.40. The summed E-state index contributed by atoms with van der Waals surface area (Å²) in [5.41, 5.74) is 7.26. The molecular weight excluding hydrogens is 548 g/mol. The van der Waals surface area contributed by atoms with Crippen molar-refractivity contribution in [3.05, 3.63) is 82.4 Å². The van der Waals surface area contributed by atoms with E-state index in [9.17, 15) is 14.4 Å². The van der Waals surface area contributed by atoms with E-state index < -0.39 is 30.3 Å². The van der Waals surface area contributed by atoms with Crippen LogP contribution in [0.1, 0.15) is 37.2 Å². The highest BCUT2D eigenvalue weighted by atomic mass is 16.5. The Bertz CT molecular complexity index is 1780. The molecule has 3 aromatic rings. The lowest BCUT2D eigenvalue weighted by Gasteiger charge is -2.27. The third kappa shape index (κ3) is 5.50. The van der Waals surface area contributed by atoms with Gasteiger partial charge in [0.25, 0.3) is 11.5 Å². The van der Waals surface area contributed by atoms with Crippen LogP contribution in [0.15, 0.2) is 75.6 Å². The van der Waals surface area contributed by atoms with E-state index in [0.717, 1.165) is 6.42 Å². The Kier molecular flexibility index (Phi) is 7.72. The smallest absolute Gasteiger partial charge is 0.267 e. The number of hydrazone groups is 1. The molecule has 0 saturated carbocycles. The van der Waals surface area contributed by atoms with E-state index in [2.05, 4.69) is 32.6 Å². The summed E-state index contributed by atoms with van der Waals surface area (Å²) in [4.78, 5) is 49.0. The molecule has 6 rings (SSSR count). The van der Waals surface area contributed by atoms with Crippen molar-refractivity contribution < 1.29 is 14.3 Å². The van der Waals surface area contributed by atoms with Crippen molar-refractivity contribution in [1.82, 2.24) is 25.2 Å². The fourth-order valence-electron chi connectivity index (χ4n) is 5.35. The summed E-state index contributed by atoms with van der Waals surface area (Å²) in [6, 6.07) is 12.7. The monoisotopic (exact) mass is 578 g/mol. The number of fused-ring (bicyclic) bond motifs is 2. The molecule has 4 heterocycles. The molecule has 2 aromatic carbocycles. The number of allylic oxidation sites excluding steroid dienone is 1. The summed E-state index contributed by atoms with van der Waals surface area (Å²) in [6.45, 7) is 2.45. The van der Waals surface area contributed by atoms with Crippen LogP contribution >= 0.6 is 0 Å². The van der Waals surface area contributed by atoms with E-state index in [1.54, 1.807) is 55.6 Å². The summed E-state index contributed by atoms with van der Waals surface area (Å²) in [5.74, 6) is 5.84. The number of benzene rings is 2. The van der Waals surface area contributed by atoms with Gasteiger partial charge in [0.15, 0.2) is 12.2 Å². The fourth-order valence-corrected chi connectivity index (χ4v) is 5.35. The Morgan fingerprint density at radius 1 is 1.16 bits per heavy atom. The molecule has 43 heavy (non-hydrogen) atoms. The van der Waals surface area contributed by atoms with Gasteiger partial charge in [0.05, 0.1) is 29.2 Å². The van der Waals surface area contributed by atoms with Crippen molar-refractivity contribution >= 4 is 34.8 Å². The second-order valence-corrected chi connectivity index (χ2v) is 10.3. The normalized spacial score (nSPS) is 21.1. The lowest BCUT2D eigenvalue weighted by atomic mass is 10.1. The van der Waals surface area contributed by atoms with E-state index in [1.807, 2.05) is 18.2 Å². The fraction of sp³-hybridized carbons (Fsp3) is 0.290. The van der Waals surface area contributed by atoms with E-state index in [1.165, 1.54) is 9.58 Å². The molecule has 1 aromatic heterocycles. The topological polar surface area (TPSA) is 156 Å². The number of amides is 2. The zero-order chi connectivity index (χ0) is 29.9. The summed E-state index contributed by atoms with van der Waals surface area (Å²) in [6.07, 6.45) is 5.79. The molecule has 0 bridgehead atoms. The van der Waals surface area contributed by atoms with Crippen LogP contribution in [0, 0.1) is 11.8 Å². The highest BCUT2D eigenvalue weighted by molar-refractivity contribution is 6.08. The zero-order valence-corrected chi connectivity index (χ0v) is 23.4. The first-order valence-corrected chi connectivity index (χ1v) is 14.0. The van der Waals surface area contributed by atoms with E-state index in [4.69, 9.17) is 15.5 Å². The lowest BCUT2D eigenvalue weighted by Crippen LogP contribution is -2.51. The molecule has 1 saturated heterocycles. The quantitative estimate of drug-likeness (QED) is 0.370. The van der Waals surface area contributed by atoms with Gasteiger partial charge in [0.1, 0.15) is 17.8 Å². The summed E-state index contributed by atoms with van der Waals surface area (Å²) in [7, 11) is 0. The summed E-state index contributed by atoms with van der Waals surface area (Å²) in [5, 5.41) is 11.9.